The van der Waals surface area contributed by atoms with Crippen molar-refractivity contribution < 1.29 is 4.79 Å². The van der Waals surface area contributed by atoms with Gasteiger partial charge >= 0.3 is 0 Å². The summed E-state index contributed by atoms with van der Waals surface area (Å²) in [5, 5.41) is 13.8. The molecule has 4 N–H and O–H groups in total. The molecule has 150 valence electrons. The van der Waals surface area contributed by atoms with Gasteiger partial charge in [0.05, 0.1) is 5.56 Å². The standard InChI is InChI=1S/C21H29N5O2/c1-11(2)18-8-15(16(9-22)19(26-18)24-12(3)4)20(27)23-10-17-13(5)7-14(6)25-21(17)28/h7-9,11-12,22H,10H2,1-6H3,(H,23,27)(H,24,26)(H,25,28). The quantitative estimate of drug-likeness (QED) is 0.550. The van der Waals surface area contributed by atoms with Gasteiger partial charge in [0, 0.05) is 41.3 Å². The summed E-state index contributed by atoms with van der Waals surface area (Å²) >= 11 is 0. The maximum absolute atomic E-state index is 12.9. The van der Waals surface area contributed by atoms with E-state index in [1.54, 1.807) is 6.07 Å². The summed E-state index contributed by atoms with van der Waals surface area (Å²) in [4.78, 5) is 32.4. The number of hydrogen-bond acceptors (Lipinski definition) is 5. The van der Waals surface area contributed by atoms with Crippen LogP contribution in [-0.2, 0) is 6.54 Å². The van der Waals surface area contributed by atoms with E-state index in [9.17, 15) is 9.59 Å². The maximum Gasteiger partial charge on any atom is 0.253 e. The van der Waals surface area contributed by atoms with Crippen LogP contribution in [0.3, 0.4) is 0 Å². The molecular weight excluding hydrogens is 354 g/mol. The Bertz CT molecular complexity index is 945. The zero-order valence-corrected chi connectivity index (χ0v) is 17.4. The first-order chi connectivity index (χ1) is 13.1. The van der Waals surface area contributed by atoms with Gasteiger partial charge in [0.1, 0.15) is 5.82 Å². The molecular formula is C21H29N5O2. The Kier molecular flexibility index (Phi) is 6.72. The summed E-state index contributed by atoms with van der Waals surface area (Å²) in [5.74, 6) is 0.306. The number of H-pyrrole nitrogens is 1. The molecule has 0 fully saturated rings. The SMILES string of the molecule is Cc1cc(C)c(CNC(=O)c2cc(C(C)C)nc(NC(C)C)c2C=N)c(=O)[nH]1. The average Bonchev–Trinajstić information content (AvgIpc) is 2.59. The Balaban J connectivity index is 2.40. The third-order valence-corrected chi connectivity index (χ3v) is 4.40. The van der Waals surface area contributed by atoms with Crippen LogP contribution in [0.1, 0.15) is 72.0 Å². The van der Waals surface area contributed by atoms with Crippen molar-refractivity contribution in [2.75, 3.05) is 5.32 Å². The van der Waals surface area contributed by atoms with E-state index in [1.165, 1.54) is 0 Å². The molecule has 0 saturated carbocycles. The first-order valence-corrected chi connectivity index (χ1v) is 9.43. The molecule has 0 spiro atoms. The van der Waals surface area contributed by atoms with Gasteiger partial charge in [0.15, 0.2) is 0 Å². The molecule has 1 amide bonds. The van der Waals surface area contributed by atoms with Crippen LogP contribution in [0.4, 0.5) is 5.82 Å². The Labute approximate surface area is 165 Å². The molecule has 0 aliphatic heterocycles. The fourth-order valence-electron chi connectivity index (χ4n) is 2.95. The molecule has 7 nitrogen and oxygen atoms in total. The van der Waals surface area contributed by atoms with Gasteiger partial charge in [-0.3, -0.25) is 9.59 Å². The predicted octanol–water partition coefficient (Wildman–Crippen LogP) is 3.26. The number of nitrogens with zero attached hydrogens (tertiary/aromatic N) is 1. The van der Waals surface area contributed by atoms with E-state index < -0.39 is 0 Å². The predicted molar refractivity (Wildman–Crippen MR) is 113 cm³/mol. The zero-order chi connectivity index (χ0) is 21.0. The van der Waals surface area contributed by atoms with Gasteiger partial charge in [-0.1, -0.05) is 13.8 Å². The second kappa shape index (κ2) is 8.82. The molecule has 0 aliphatic carbocycles. The fraction of sp³-hybridized carbons (Fsp3) is 0.429. The molecule has 2 heterocycles. The minimum Gasteiger partial charge on any atom is -0.367 e. The van der Waals surface area contributed by atoms with Crippen molar-refractivity contribution in [3.05, 3.63) is 56.1 Å². The van der Waals surface area contributed by atoms with Crippen LogP contribution < -0.4 is 16.2 Å². The van der Waals surface area contributed by atoms with Crippen LogP contribution in [0.25, 0.3) is 0 Å². The highest BCUT2D eigenvalue weighted by atomic mass is 16.1. The molecule has 2 rings (SSSR count). The Morgan fingerprint density at radius 2 is 1.93 bits per heavy atom. The lowest BCUT2D eigenvalue weighted by Crippen LogP contribution is -2.29. The minimum atomic E-state index is -0.339. The highest BCUT2D eigenvalue weighted by molar-refractivity contribution is 6.04. The first kappa shape index (κ1) is 21.3. The topological polar surface area (TPSA) is 111 Å². The van der Waals surface area contributed by atoms with E-state index in [-0.39, 0.29) is 30.0 Å². The second-order valence-electron chi connectivity index (χ2n) is 7.58. The molecule has 0 bridgehead atoms. The van der Waals surface area contributed by atoms with Gasteiger partial charge < -0.3 is 21.0 Å². The van der Waals surface area contributed by atoms with Crippen LogP contribution >= 0.6 is 0 Å². The molecule has 0 unspecified atom stereocenters. The van der Waals surface area contributed by atoms with Gasteiger partial charge in [-0.2, -0.15) is 0 Å². The van der Waals surface area contributed by atoms with E-state index in [0.717, 1.165) is 23.2 Å². The molecule has 2 aromatic rings. The molecule has 0 aliphatic rings. The Hall–Kier alpha value is -2.96. The van der Waals surface area contributed by atoms with Gasteiger partial charge in [0.25, 0.3) is 11.5 Å². The van der Waals surface area contributed by atoms with Crippen LogP contribution in [0.5, 0.6) is 0 Å². The molecule has 0 aromatic carbocycles. The normalized spacial score (nSPS) is 11.0. The van der Waals surface area contributed by atoms with Crippen LogP contribution in [0.15, 0.2) is 16.9 Å². The Morgan fingerprint density at radius 1 is 1.25 bits per heavy atom. The molecule has 0 atom stereocenters. The molecule has 0 saturated heterocycles. The number of amides is 1. The summed E-state index contributed by atoms with van der Waals surface area (Å²) in [5.41, 5.74) is 3.50. The minimum absolute atomic E-state index is 0.110. The number of carbonyl (C=O) groups excluding carboxylic acids is 1. The molecule has 28 heavy (non-hydrogen) atoms. The third kappa shape index (κ3) is 4.85. The van der Waals surface area contributed by atoms with Crippen LogP contribution in [0, 0.1) is 19.3 Å². The van der Waals surface area contributed by atoms with E-state index in [0.29, 0.717) is 22.5 Å². The van der Waals surface area contributed by atoms with E-state index in [1.807, 2.05) is 47.6 Å². The van der Waals surface area contributed by atoms with Gasteiger partial charge in [-0.05, 0) is 51.3 Å². The molecule has 2 aromatic heterocycles. The first-order valence-electron chi connectivity index (χ1n) is 9.43. The van der Waals surface area contributed by atoms with Crippen molar-refractivity contribution in [2.24, 2.45) is 0 Å². The van der Waals surface area contributed by atoms with E-state index in [2.05, 4.69) is 20.6 Å². The van der Waals surface area contributed by atoms with Crippen molar-refractivity contribution >= 4 is 17.9 Å². The highest BCUT2D eigenvalue weighted by Gasteiger charge is 2.19. The van der Waals surface area contributed by atoms with Gasteiger partial charge in [-0.25, -0.2) is 4.98 Å². The lowest BCUT2D eigenvalue weighted by atomic mass is 10.0. The number of rotatable bonds is 7. The second-order valence-corrected chi connectivity index (χ2v) is 7.58. The smallest absolute Gasteiger partial charge is 0.253 e. The fourth-order valence-corrected chi connectivity index (χ4v) is 2.95. The lowest BCUT2D eigenvalue weighted by Gasteiger charge is -2.18. The maximum atomic E-state index is 12.9. The van der Waals surface area contributed by atoms with Crippen LogP contribution in [0.2, 0.25) is 0 Å². The highest BCUT2D eigenvalue weighted by Crippen LogP contribution is 2.23. The number of pyridine rings is 2. The van der Waals surface area contributed by atoms with Gasteiger partial charge in [0.2, 0.25) is 0 Å². The summed E-state index contributed by atoms with van der Waals surface area (Å²) in [6, 6.07) is 3.70. The monoisotopic (exact) mass is 383 g/mol. The molecule has 7 heteroatoms. The van der Waals surface area contributed by atoms with Crippen molar-refractivity contribution in [3.63, 3.8) is 0 Å². The number of aryl methyl sites for hydroxylation is 2. The summed E-state index contributed by atoms with van der Waals surface area (Å²) in [6.07, 6.45) is 1.14. The number of hydrogen-bond donors (Lipinski definition) is 4. The Morgan fingerprint density at radius 3 is 2.46 bits per heavy atom. The van der Waals surface area contributed by atoms with Crippen molar-refractivity contribution in [3.8, 4) is 0 Å². The average molecular weight is 383 g/mol. The number of aromatic nitrogens is 2. The summed E-state index contributed by atoms with van der Waals surface area (Å²) in [6.45, 7) is 11.7. The summed E-state index contributed by atoms with van der Waals surface area (Å²) < 4.78 is 0. The number of aromatic amines is 1. The lowest BCUT2D eigenvalue weighted by molar-refractivity contribution is 0.0950. The van der Waals surface area contributed by atoms with E-state index in [4.69, 9.17) is 5.41 Å². The van der Waals surface area contributed by atoms with Crippen molar-refractivity contribution in [1.82, 2.24) is 15.3 Å². The van der Waals surface area contributed by atoms with Crippen molar-refractivity contribution in [2.45, 2.75) is 60.0 Å². The number of nitrogens with one attached hydrogen (secondary N) is 4. The molecule has 0 radical (unpaired) electrons. The van der Waals surface area contributed by atoms with Crippen LogP contribution in [-0.4, -0.2) is 28.1 Å². The van der Waals surface area contributed by atoms with E-state index >= 15 is 0 Å². The number of anilines is 1. The number of carbonyl (C=O) groups is 1. The summed E-state index contributed by atoms with van der Waals surface area (Å²) in [7, 11) is 0. The third-order valence-electron chi connectivity index (χ3n) is 4.40. The van der Waals surface area contributed by atoms with Crippen molar-refractivity contribution in [1.29, 1.82) is 5.41 Å². The zero-order valence-electron chi connectivity index (χ0n) is 17.4. The van der Waals surface area contributed by atoms with Gasteiger partial charge in [-0.15, -0.1) is 0 Å². The largest absolute Gasteiger partial charge is 0.367 e.